The Hall–Kier alpha value is -2.36. The predicted octanol–water partition coefficient (Wildman–Crippen LogP) is 4.28. The van der Waals surface area contributed by atoms with Crippen molar-refractivity contribution in [2.24, 2.45) is 5.92 Å². The molecule has 0 saturated heterocycles. The van der Waals surface area contributed by atoms with Crippen molar-refractivity contribution in [3.8, 4) is 0 Å². The number of pyridine rings is 1. The summed E-state index contributed by atoms with van der Waals surface area (Å²) >= 11 is 0. The number of benzene rings is 1. The van der Waals surface area contributed by atoms with Crippen LogP contribution in [0.15, 0.2) is 36.4 Å². The van der Waals surface area contributed by atoms with E-state index < -0.39 is 0 Å². The Balaban J connectivity index is 1.73. The van der Waals surface area contributed by atoms with Gasteiger partial charge in [0, 0.05) is 11.4 Å². The molecule has 2 amide bonds. The third-order valence-electron chi connectivity index (χ3n) is 4.46. The fourth-order valence-corrected chi connectivity index (χ4v) is 2.79. The molecule has 1 aromatic heterocycles. The van der Waals surface area contributed by atoms with Crippen LogP contribution in [0.2, 0.25) is 0 Å². The molecule has 0 bridgehead atoms. The van der Waals surface area contributed by atoms with Gasteiger partial charge in [-0.05, 0) is 68.9 Å². The Morgan fingerprint density at radius 3 is 2.57 bits per heavy atom. The van der Waals surface area contributed by atoms with E-state index in [9.17, 15) is 4.79 Å². The fourth-order valence-electron chi connectivity index (χ4n) is 2.79. The molecule has 1 atom stereocenters. The lowest BCUT2D eigenvalue weighted by Gasteiger charge is -2.19. The number of carbonyl (C=O) groups is 1. The SMILES string of the molecule is Cc1cccc([C@@H](NC(=O)Nc2cccc(C)c2C)C2CC2)n1. The molecule has 0 aliphatic heterocycles. The third-order valence-corrected chi connectivity index (χ3v) is 4.46. The molecular formula is C19H23N3O. The molecule has 23 heavy (non-hydrogen) atoms. The molecule has 3 rings (SSSR count). The number of nitrogens with zero attached hydrogens (tertiary/aromatic N) is 1. The van der Waals surface area contributed by atoms with Crippen LogP contribution in [0.5, 0.6) is 0 Å². The maximum atomic E-state index is 12.4. The summed E-state index contributed by atoms with van der Waals surface area (Å²) in [6, 6.07) is 11.7. The minimum absolute atomic E-state index is 0.0139. The summed E-state index contributed by atoms with van der Waals surface area (Å²) in [5, 5.41) is 6.08. The van der Waals surface area contributed by atoms with E-state index in [1.807, 2.05) is 57.2 Å². The van der Waals surface area contributed by atoms with Gasteiger partial charge in [0.25, 0.3) is 0 Å². The van der Waals surface area contributed by atoms with Gasteiger partial charge in [-0.1, -0.05) is 18.2 Å². The van der Waals surface area contributed by atoms with Crippen LogP contribution in [0.1, 0.15) is 41.4 Å². The number of nitrogens with one attached hydrogen (secondary N) is 2. The quantitative estimate of drug-likeness (QED) is 0.885. The Morgan fingerprint density at radius 2 is 1.87 bits per heavy atom. The van der Waals surface area contributed by atoms with Crippen LogP contribution in [-0.2, 0) is 0 Å². The number of aryl methyl sites for hydroxylation is 2. The van der Waals surface area contributed by atoms with Crippen LogP contribution in [-0.4, -0.2) is 11.0 Å². The van der Waals surface area contributed by atoms with Gasteiger partial charge in [-0.15, -0.1) is 0 Å². The maximum Gasteiger partial charge on any atom is 0.319 e. The second-order valence-electron chi connectivity index (χ2n) is 6.36. The third kappa shape index (κ3) is 3.70. The zero-order valence-electron chi connectivity index (χ0n) is 13.9. The normalized spacial score (nSPS) is 15.1. The van der Waals surface area contributed by atoms with E-state index in [0.29, 0.717) is 5.92 Å². The number of urea groups is 1. The predicted molar refractivity (Wildman–Crippen MR) is 92.5 cm³/mol. The Labute approximate surface area is 137 Å². The molecule has 0 spiro atoms. The summed E-state index contributed by atoms with van der Waals surface area (Å²) in [4.78, 5) is 17.0. The number of amides is 2. The molecule has 4 heteroatoms. The lowest BCUT2D eigenvalue weighted by molar-refractivity contribution is 0.246. The minimum atomic E-state index is -0.168. The van der Waals surface area contributed by atoms with Crippen molar-refractivity contribution in [1.82, 2.24) is 10.3 Å². The molecule has 120 valence electrons. The molecule has 1 fully saturated rings. The van der Waals surface area contributed by atoms with Crippen LogP contribution < -0.4 is 10.6 Å². The molecule has 1 saturated carbocycles. The highest BCUT2D eigenvalue weighted by molar-refractivity contribution is 5.90. The molecule has 1 aliphatic carbocycles. The maximum absolute atomic E-state index is 12.4. The van der Waals surface area contributed by atoms with Gasteiger partial charge < -0.3 is 10.6 Å². The standard InChI is InChI=1S/C19H23N3O/c1-12-6-4-8-16(14(12)3)21-19(23)22-18(15-10-11-15)17-9-5-7-13(2)20-17/h4-9,15,18H,10-11H2,1-3H3,(H2,21,22,23)/t18-/m0/s1. The highest BCUT2D eigenvalue weighted by Gasteiger charge is 2.34. The smallest absolute Gasteiger partial charge is 0.319 e. The molecule has 1 aromatic carbocycles. The summed E-state index contributed by atoms with van der Waals surface area (Å²) in [5.74, 6) is 0.494. The number of hydrogen-bond donors (Lipinski definition) is 2. The number of aromatic nitrogens is 1. The highest BCUT2D eigenvalue weighted by atomic mass is 16.2. The van der Waals surface area contributed by atoms with Crippen molar-refractivity contribution >= 4 is 11.7 Å². The first-order chi connectivity index (χ1) is 11.0. The zero-order valence-corrected chi connectivity index (χ0v) is 13.9. The van der Waals surface area contributed by atoms with E-state index in [1.165, 1.54) is 5.56 Å². The first-order valence-electron chi connectivity index (χ1n) is 8.12. The second kappa shape index (κ2) is 6.41. The highest BCUT2D eigenvalue weighted by Crippen LogP contribution is 2.40. The van der Waals surface area contributed by atoms with Crippen LogP contribution in [0.25, 0.3) is 0 Å². The van der Waals surface area contributed by atoms with Gasteiger partial charge in [-0.2, -0.15) is 0 Å². The molecule has 0 unspecified atom stereocenters. The molecule has 1 heterocycles. The van der Waals surface area contributed by atoms with E-state index in [-0.39, 0.29) is 12.1 Å². The van der Waals surface area contributed by atoms with E-state index in [0.717, 1.165) is 35.5 Å². The first kappa shape index (κ1) is 15.5. The molecular weight excluding hydrogens is 286 g/mol. The van der Waals surface area contributed by atoms with Gasteiger partial charge >= 0.3 is 6.03 Å². The van der Waals surface area contributed by atoms with E-state index in [2.05, 4.69) is 15.6 Å². The Morgan fingerprint density at radius 1 is 1.13 bits per heavy atom. The summed E-state index contributed by atoms with van der Waals surface area (Å²) in [7, 11) is 0. The van der Waals surface area contributed by atoms with Crippen molar-refractivity contribution in [1.29, 1.82) is 0 Å². The van der Waals surface area contributed by atoms with E-state index in [1.54, 1.807) is 0 Å². The van der Waals surface area contributed by atoms with Gasteiger partial charge in [0.2, 0.25) is 0 Å². The van der Waals surface area contributed by atoms with Crippen molar-refractivity contribution in [3.05, 3.63) is 58.9 Å². The van der Waals surface area contributed by atoms with Crippen LogP contribution >= 0.6 is 0 Å². The van der Waals surface area contributed by atoms with Gasteiger partial charge in [0.15, 0.2) is 0 Å². The van der Waals surface area contributed by atoms with Crippen molar-refractivity contribution < 1.29 is 4.79 Å². The van der Waals surface area contributed by atoms with Gasteiger partial charge in [0.1, 0.15) is 0 Å². The van der Waals surface area contributed by atoms with Gasteiger partial charge in [-0.3, -0.25) is 4.98 Å². The lowest BCUT2D eigenvalue weighted by Crippen LogP contribution is -2.34. The first-order valence-corrected chi connectivity index (χ1v) is 8.12. The van der Waals surface area contributed by atoms with Crippen molar-refractivity contribution in [3.63, 3.8) is 0 Å². The zero-order chi connectivity index (χ0) is 16.4. The van der Waals surface area contributed by atoms with E-state index in [4.69, 9.17) is 0 Å². The Bertz CT molecular complexity index is 722. The largest absolute Gasteiger partial charge is 0.329 e. The molecule has 2 aromatic rings. The summed E-state index contributed by atoms with van der Waals surface area (Å²) in [6.07, 6.45) is 2.29. The number of hydrogen-bond acceptors (Lipinski definition) is 2. The number of rotatable bonds is 4. The monoisotopic (exact) mass is 309 g/mol. The van der Waals surface area contributed by atoms with E-state index >= 15 is 0 Å². The molecule has 0 radical (unpaired) electrons. The number of carbonyl (C=O) groups excluding carboxylic acids is 1. The number of anilines is 1. The minimum Gasteiger partial charge on any atom is -0.329 e. The van der Waals surface area contributed by atoms with Gasteiger partial charge in [0.05, 0.1) is 11.7 Å². The topological polar surface area (TPSA) is 54.0 Å². The molecule has 2 N–H and O–H groups in total. The van der Waals surface area contributed by atoms with Crippen LogP contribution in [0, 0.1) is 26.7 Å². The molecule has 1 aliphatic rings. The summed E-state index contributed by atoms with van der Waals surface area (Å²) in [6.45, 7) is 6.04. The summed E-state index contributed by atoms with van der Waals surface area (Å²) in [5.41, 5.74) is 5.05. The fraction of sp³-hybridized carbons (Fsp3) is 0.368. The molecule has 4 nitrogen and oxygen atoms in total. The second-order valence-corrected chi connectivity index (χ2v) is 6.36. The average Bonchev–Trinajstić information content (AvgIpc) is 3.34. The summed E-state index contributed by atoms with van der Waals surface area (Å²) < 4.78 is 0. The van der Waals surface area contributed by atoms with Gasteiger partial charge in [-0.25, -0.2) is 4.79 Å². The average molecular weight is 309 g/mol. The lowest BCUT2D eigenvalue weighted by atomic mass is 10.1. The van der Waals surface area contributed by atoms with Crippen LogP contribution in [0.3, 0.4) is 0 Å². The van der Waals surface area contributed by atoms with Crippen molar-refractivity contribution in [2.75, 3.05) is 5.32 Å². The van der Waals surface area contributed by atoms with Crippen molar-refractivity contribution in [2.45, 2.75) is 39.7 Å². The Kier molecular flexibility index (Phi) is 4.33. The van der Waals surface area contributed by atoms with Crippen LogP contribution in [0.4, 0.5) is 10.5 Å².